The Labute approximate surface area is 93.7 Å². The van der Waals surface area contributed by atoms with Gasteiger partial charge in [-0.15, -0.1) is 0 Å². The molecule has 17 heavy (non-hydrogen) atoms. The fourth-order valence-corrected chi connectivity index (χ4v) is 1.69. The van der Waals surface area contributed by atoms with Crippen molar-refractivity contribution in [2.75, 3.05) is 0 Å². The van der Waals surface area contributed by atoms with Gasteiger partial charge in [0, 0.05) is 6.07 Å². The average Bonchev–Trinajstić information content (AvgIpc) is 2.15. The average molecular weight is 264 g/mol. The Kier molecular flexibility index (Phi) is 3.11. The molecule has 3 N–H and O–H groups in total. The van der Waals surface area contributed by atoms with Crippen LogP contribution in [-0.4, -0.2) is 24.4 Å². The van der Waals surface area contributed by atoms with Crippen molar-refractivity contribution in [3.63, 3.8) is 0 Å². The zero-order chi connectivity index (χ0) is 13.4. The number of aromatic carboxylic acids is 1. The lowest BCUT2D eigenvalue weighted by Gasteiger charge is -2.03. The summed E-state index contributed by atoms with van der Waals surface area (Å²) in [5.41, 5.74) is -2.02. The van der Waals surface area contributed by atoms with Crippen molar-refractivity contribution in [1.29, 1.82) is 0 Å². The number of hydrogen-bond acceptors (Lipinski definition) is 5. The van der Waals surface area contributed by atoms with Gasteiger partial charge in [0.05, 0.1) is 10.5 Å². The van der Waals surface area contributed by atoms with Crippen molar-refractivity contribution in [2.45, 2.75) is 4.90 Å². The van der Waals surface area contributed by atoms with Gasteiger partial charge in [-0.1, -0.05) is 0 Å². The van der Waals surface area contributed by atoms with Gasteiger partial charge in [-0.2, -0.15) is 4.39 Å². The normalized spacial score (nSPS) is 11.2. The molecule has 0 spiro atoms. The first-order valence-electron chi connectivity index (χ1n) is 3.88. The van der Waals surface area contributed by atoms with Crippen LogP contribution in [0.4, 0.5) is 10.1 Å². The Morgan fingerprint density at radius 1 is 1.47 bits per heavy atom. The second-order valence-corrected chi connectivity index (χ2v) is 4.44. The van der Waals surface area contributed by atoms with Crippen LogP contribution in [0.5, 0.6) is 0 Å². The van der Waals surface area contributed by atoms with Crippen LogP contribution in [0.25, 0.3) is 0 Å². The second kappa shape index (κ2) is 4.07. The van der Waals surface area contributed by atoms with Gasteiger partial charge < -0.3 is 5.11 Å². The molecule has 8 nitrogen and oxygen atoms in total. The Morgan fingerprint density at radius 3 is 2.35 bits per heavy atom. The number of nitrogens with zero attached hydrogens (tertiary/aromatic N) is 1. The maximum atomic E-state index is 13.4. The van der Waals surface area contributed by atoms with E-state index in [1.54, 1.807) is 0 Å². The first-order chi connectivity index (χ1) is 7.64. The van der Waals surface area contributed by atoms with E-state index < -0.39 is 42.9 Å². The number of sulfonamides is 1. The molecule has 0 bridgehead atoms. The molecule has 0 aliphatic carbocycles. The molecule has 0 unspecified atom stereocenters. The summed E-state index contributed by atoms with van der Waals surface area (Å²) in [6.45, 7) is 0. The molecule has 0 atom stereocenters. The van der Waals surface area contributed by atoms with Crippen LogP contribution < -0.4 is 5.14 Å². The number of benzene rings is 1. The molecule has 0 amide bonds. The van der Waals surface area contributed by atoms with Crippen LogP contribution in [-0.2, 0) is 10.0 Å². The third-order valence-corrected chi connectivity index (χ3v) is 2.68. The molecule has 0 aliphatic heterocycles. The number of carboxylic acids is 1. The fourth-order valence-electron chi connectivity index (χ4n) is 1.05. The van der Waals surface area contributed by atoms with E-state index in [1.807, 2.05) is 0 Å². The van der Waals surface area contributed by atoms with Gasteiger partial charge in [0.1, 0.15) is 4.90 Å². The van der Waals surface area contributed by atoms with E-state index >= 15 is 0 Å². The van der Waals surface area contributed by atoms with Crippen molar-refractivity contribution in [1.82, 2.24) is 0 Å². The van der Waals surface area contributed by atoms with E-state index in [1.165, 1.54) is 0 Å². The highest BCUT2D eigenvalue weighted by molar-refractivity contribution is 7.89. The minimum absolute atomic E-state index is 0.409. The van der Waals surface area contributed by atoms with Crippen LogP contribution in [0.15, 0.2) is 17.0 Å². The molecule has 10 heteroatoms. The van der Waals surface area contributed by atoms with Crippen molar-refractivity contribution >= 4 is 21.7 Å². The number of halogens is 1. The number of carboxylic acid groups (broad SMARTS) is 1. The minimum atomic E-state index is -4.59. The molecule has 0 aliphatic rings. The molecule has 0 aromatic heterocycles. The number of nitro benzene ring substituents is 1. The van der Waals surface area contributed by atoms with Crippen LogP contribution in [0.1, 0.15) is 10.4 Å². The van der Waals surface area contributed by atoms with E-state index in [0.29, 0.717) is 12.1 Å². The number of nitrogens with two attached hydrogens (primary N) is 1. The van der Waals surface area contributed by atoms with Gasteiger partial charge in [-0.25, -0.2) is 18.4 Å². The lowest BCUT2D eigenvalue weighted by atomic mass is 10.2. The molecular weight excluding hydrogens is 259 g/mol. The Hall–Kier alpha value is -2.07. The van der Waals surface area contributed by atoms with Gasteiger partial charge in [0.2, 0.25) is 15.8 Å². The molecule has 0 radical (unpaired) electrons. The lowest BCUT2D eigenvalue weighted by Crippen LogP contribution is -2.16. The zero-order valence-electron chi connectivity index (χ0n) is 7.95. The molecule has 1 aromatic rings. The molecular formula is C7H5FN2O6S. The first-order valence-corrected chi connectivity index (χ1v) is 5.43. The summed E-state index contributed by atoms with van der Waals surface area (Å²) in [5, 5.41) is 23.6. The van der Waals surface area contributed by atoms with Gasteiger partial charge in [0.25, 0.3) is 0 Å². The van der Waals surface area contributed by atoms with E-state index in [-0.39, 0.29) is 0 Å². The second-order valence-electron chi connectivity index (χ2n) is 2.91. The smallest absolute Gasteiger partial charge is 0.335 e. The monoisotopic (exact) mass is 264 g/mol. The maximum Gasteiger partial charge on any atom is 0.335 e. The quantitative estimate of drug-likeness (QED) is 0.585. The lowest BCUT2D eigenvalue weighted by molar-refractivity contribution is -0.387. The summed E-state index contributed by atoms with van der Waals surface area (Å²) in [4.78, 5) is 18.5. The van der Waals surface area contributed by atoms with Crippen molar-refractivity contribution in [3.05, 3.63) is 33.6 Å². The molecule has 1 rings (SSSR count). The predicted molar refractivity (Wildman–Crippen MR) is 51.4 cm³/mol. The molecule has 92 valence electrons. The fraction of sp³-hybridized carbons (Fsp3) is 0. The highest BCUT2D eigenvalue weighted by Crippen LogP contribution is 2.25. The maximum absolute atomic E-state index is 13.4. The minimum Gasteiger partial charge on any atom is -0.478 e. The third-order valence-electron chi connectivity index (χ3n) is 1.77. The molecule has 0 saturated carbocycles. The Bertz CT molecular complexity index is 611. The van der Waals surface area contributed by atoms with Crippen molar-refractivity contribution < 1.29 is 27.6 Å². The van der Waals surface area contributed by atoms with Crippen LogP contribution in [0.2, 0.25) is 0 Å². The van der Waals surface area contributed by atoms with Gasteiger partial charge in [0.15, 0.2) is 0 Å². The summed E-state index contributed by atoms with van der Waals surface area (Å²) in [5.74, 6) is -3.33. The van der Waals surface area contributed by atoms with E-state index in [0.717, 1.165) is 0 Å². The predicted octanol–water partition coefficient (Wildman–Crippen LogP) is 0.0795. The Morgan fingerprint density at radius 2 is 2.00 bits per heavy atom. The van der Waals surface area contributed by atoms with E-state index in [4.69, 9.17) is 5.11 Å². The van der Waals surface area contributed by atoms with Gasteiger partial charge in [-0.3, -0.25) is 10.1 Å². The van der Waals surface area contributed by atoms with E-state index in [9.17, 15) is 27.7 Å². The summed E-state index contributed by atoms with van der Waals surface area (Å²) in [7, 11) is -4.59. The number of primary sulfonamides is 1. The van der Waals surface area contributed by atoms with Gasteiger partial charge in [-0.05, 0) is 6.07 Å². The number of hydrogen-bond donors (Lipinski definition) is 2. The first kappa shape index (κ1) is 13.0. The summed E-state index contributed by atoms with van der Waals surface area (Å²) >= 11 is 0. The Balaban J connectivity index is 3.73. The van der Waals surface area contributed by atoms with Crippen LogP contribution >= 0.6 is 0 Å². The number of nitro groups is 1. The molecule has 0 heterocycles. The topological polar surface area (TPSA) is 141 Å². The van der Waals surface area contributed by atoms with E-state index in [2.05, 4.69) is 5.14 Å². The summed E-state index contributed by atoms with van der Waals surface area (Å²) in [6.07, 6.45) is 0. The largest absolute Gasteiger partial charge is 0.478 e. The van der Waals surface area contributed by atoms with Crippen LogP contribution in [0, 0.1) is 15.9 Å². The third kappa shape index (κ3) is 2.54. The molecule has 0 saturated heterocycles. The number of rotatable bonds is 3. The molecule has 0 fully saturated rings. The standard InChI is InChI=1S/C7H5FN2O6S/c8-6-4(10(13)14)1-3(7(11)12)2-5(6)17(9,15)16/h1-2H,(H,11,12)(H2,9,15,16). The summed E-state index contributed by atoms with van der Waals surface area (Å²) < 4.78 is 35.2. The summed E-state index contributed by atoms with van der Waals surface area (Å²) in [6, 6.07) is 0.826. The van der Waals surface area contributed by atoms with Crippen LogP contribution in [0.3, 0.4) is 0 Å². The highest BCUT2D eigenvalue weighted by Gasteiger charge is 2.27. The number of carbonyl (C=O) groups is 1. The highest BCUT2D eigenvalue weighted by atomic mass is 32.2. The molecule has 1 aromatic carbocycles. The van der Waals surface area contributed by atoms with Crippen molar-refractivity contribution in [2.24, 2.45) is 5.14 Å². The zero-order valence-corrected chi connectivity index (χ0v) is 8.77. The van der Waals surface area contributed by atoms with Crippen molar-refractivity contribution in [3.8, 4) is 0 Å². The SMILES string of the molecule is NS(=O)(=O)c1cc(C(=O)O)cc([N+](=O)[O-])c1F. The van der Waals surface area contributed by atoms with Gasteiger partial charge >= 0.3 is 11.7 Å².